The van der Waals surface area contributed by atoms with Crippen molar-refractivity contribution in [1.29, 1.82) is 0 Å². The quantitative estimate of drug-likeness (QED) is 0.172. The minimum absolute atomic E-state index is 0.870. The normalized spacial score (nSPS) is 11.6. The van der Waals surface area contributed by atoms with Crippen LogP contribution in [0.5, 0.6) is 0 Å². The zero-order valence-electron chi connectivity index (χ0n) is 29.9. The summed E-state index contributed by atoms with van der Waals surface area (Å²) in [5.41, 5.74) is 13.0. The topological polar surface area (TPSA) is 21.3 Å². The monoisotopic (exact) mass is 702 g/mol. The maximum Gasteiger partial charge on any atom is 0.138 e. The molecule has 0 saturated heterocycles. The molecule has 0 aliphatic carbocycles. The molecule has 0 amide bonds. The first-order chi connectivity index (χ1) is 27.3. The SMILES string of the molecule is c1ccc(-c2cccc(N(c3ccccc3)c3cccc4c5c(-c6ccccc6)c6c(cc5n(-c5ccc7ccccc7c5)c34)oc3ccccc36)c2)cc1. The number of anilines is 3. The van der Waals surface area contributed by atoms with Crippen LogP contribution in [0.1, 0.15) is 0 Å². The summed E-state index contributed by atoms with van der Waals surface area (Å²) in [6.45, 7) is 0. The number of hydrogen-bond donors (Lipinski definition) is 0. The first-order valence-electron chi connectivity index (χ1n) is 18.8. The van der Waals surface area contributed by atoms with Crippen LogP contribution in [-0.4, -0.2) is 4.57 Å². The summed E-state index contributed by atoms with van der Waals surface area (Å²) in [6, 6.07) is 73.9. The highest BCUT2D eigenvalue weighted by molar-refractivity contribution is 6.28. The summed E-state index contributed by atoms with van der Waals surface area (Å²) in [6.07, 6.45) is 0. The van der Waals surface area contributed by atoms with Crippen LogP contribution in [0.2, 0.25) is 0 Å². The largest absolute Gasteiger partial charge is 0.456 e. The molecular weight excluding hydrogens is 669 g/mol. The zero-order chi connectivity index (χ0) is 36.3. The zero-order valence-corrected chi connectivity index (χ0v) is 29.9. The van der Waals surface area contributed by atoms with Gasteiger partial charge in [0.1, 0.15) is 11.2 Å². The lowest BCUT2D eigenvalue weighted by Gasteiger charge is -2.27. The van der Waals surface area contributed by atoms with Gasteiger partial charge < -0.3 is 13.9 Å². The van der Waals surface area contributed by atoms with Gasteiger partial charge in [-0.1, -0.05) is 152 Å². The smallest absolute Gasteiger partial charge is 0.138 e. The van der Waals surface area contributed by atoms with Crippen molar-refractivity contribution < 1.29 is 4.42 Å². The van der Waals surface area contributed by atoms with E-state index in [9.17, 15) is 0 Å². The Morgan fingerprint density at radius 2 is 1.04 bits per heavy atom. The molecule has 258 valence electrons. The first-order valence-corrected chi connectivity index (χ1v) is 18.8. The second kappa shape index (κ2) is 12.6. The van der Waals surface area contributed by atoms with E-state index in [0.29, 0.717) is 0 Å². The lowest BCUT2D eigenvalue weighted by atomic mass is 9.94. The van der Waals surface area contributed by atoms with E-state index in [4.69, 9.17) is 4.42 Å². The first kappa shape index (κ1) is 31.2. The van der Waals surface area contributed by atoms with Crippen molar-refractivity contribution in [2.24, 2.45) is 0 Å². The molecule has 0 saturated carbocycles. The summed E-state index contributed by atoms with van der Waals surface area (Å²) < 4.78 is 9.19. The van der Waals surface area contributed by atoms with E-state index in [1.54, 1.807) is 0 Å². The van der Waals surface area contributed by atoms with Crippen molar-refractivity contribution in [3.8, 4) is 27.9 Å². The fraction of sp³-hybridized carbons (Fsp3) is 0. The van der Waals surface area contributed by atoms with E-state index >= 15 is 0 Å². The summed E-state index contributed by atoms with van der Waals surface area (Å²) >= 11 is 0. The van der Waals surface area contributed by atoms with Gasteiger partial charge in [-0.3, -0.25) is 0 Å². The van der Waals surface area contributed by atoms with Crippen LogP contribution >= 0.6 is 0 Å². The molecule has 2 aromatic heterocycles. The van der Waals surface area contributed by atoms with Crippen molar-refractivity contribution in [3.05, 3.63) is 206 Å². The van der Waals surface area contributed by atoms with Gasteiger partial charge in [-0.2, -0.15) is 0 Å². The van der Waals surface area contributed by atoms with Gasteiger partial charge in [-0.15, -0.1) is 0 Å². The van der Waals surface area contributed by atoms with Gasteiger partial charge in [0.25, 0.3) is 0 Å². The molecule has 0 N–H and O–H groups in total. The van der Waals surface area contributed by atoms with E-state index in [1.165, 1.54) is 38.2 Å². The van der Waals surface area contributed by atoms with Crippen molar-refractivity contribution in [2.75, 3.05) is 4.90 Å². The highest BCUT2D eigenvalue weighted by Gasteiger charge is 2.26. The average molecular weight is 703 g/mol. The van der Waals surface area contributed by atoms with Crippen LogP contribution in [0.3, 0.4) is 0 Å². The minimum Gasteiger partial charge on any atom is -0.456 e. The number of fused-ring (bicyclic) bond motifs is 7. The molecule has 0 fully saturated rings. The molecule has 0 aliphatic rings. The molecule has 11 rings (SSSR count). The number of benzene rings is 9. The maximum atomic E-state index is 6.73. The Morgan fingerprint density at radius 3 is 1.85 bits per heavy atom. The Bertz CT molecular complexity index is 3200. The summed E-state index contributed by atoms with van der Waals surface area (Å²) in [5, 5.41) is 7.02. The molecule has 0 bridgehead atoms. The van der Waals surface area contributed by atoms with Crippen molar-refractivity contribution in [3.63, 3.8) is 0 Å². The second-order valence-electron chi connectivity index (χ2n) is 14.1. The van der Waals surface area contributed by atoms with E-state index in [2.05, 4.69) is 216 Å². The lowest BCUT2D eigenvalue weighted by molar-refractivity contribution is 0.669. The van der Waals surface area contributed by atoms with Gasteiger partial charge in [0.05, 0.1) is 16.7 Å². The highest BCUT2D eigenvalue weighted by Crippen LogP contribution is 2.49. The number of hydrogen-bond acceptors (Lipinski definition) is 2. The molecule has 9 aromatic carbocycles. The van der Waals surface area contributed by atoms with Crippen LogP contribution in [0.4, 0.5) is 17.1 Å². The summed E-state index contributed by atoms with van der Waals surface area (Å²) in [7, 11) is 0. The van der Waals surface area contributed by atoms with Crippen molar-refractivity contribution >= 4 is 71.6 Å². The minimum atomic E-state index is 0.870. The predicted octanol–water partition coefficient (Wildman–Crippen LogP) is 14.6. The fourth-order valence-corrected chi connectivity index (χ4v) is 8.53. The molecule has 0 spiro atoms. The Morgan fingerprint density at radius 1 is 0.400 bits per heavy atom. The summed E-state index contributed by atoms with van der Waals surface area (Å²) in [4.78, 5) is 2.41. The van der Waals surface area contributed by atoms with Gasteiger partial charge in [0, 0.05) is 50.2 Å². The van der Waals surface area contributed by atoms with Crippen molar-refractivity contribution in [2.45, 2.75) is 0 Å². The number of para-hydroxylation sites is 3. The lowest BCUT2D eigenvalue weighted by Crippen LogP contribution is -2.11. The van der Waals surface area contributed by atoms with Crippen LogP contribution in [-0.2, 0) is 0 Å². The Kier molecular flexibility index (Phi) is 7.17. The predicted molar refractivity (Wildman–Crippen MR) is 231 cm³/mol. The molecular formula is C52H34N2O. The molecule has 3 nitrogen and oxygen atoms in total. The van der Waals surface area contributed by atoms with Crippen LogP contribution in [0.25, 0.3) is 82.5 Å². The molecule has 0 radical (unpaired) electrons. The fourth-order valence-electron chi connectivity index (χ4n) is 8.53. The maximum absolute atomic E-state index is 6.73. The number of rotatable bonds is 6. The van der Waals surface area contributed by atoms with Gasteiger partial charge in [0.15, 0.2) is 0 Å². The summed E-state index contributed by atoms with van der Waals surface area (Å²) in [5.74, 6) is 0. The standard InChI is InChI=1S/C52H34N2O/c1-4-16-35(17-5-1)39-22-14-25-41(32-39)53(40-23-8-3-9-24-40)45-28-15-27-44-50-46(54(52(44)45)42-31-30-36-18-10-11-21-38(36)33-42)34-48-51(43-26-12-13-29-47(43)55-48)49(50)37-19-6-2-7-20-37/h1-34H. The second-order valence-corrected chi connectivity index (χ2v) is 14.1. The molecule has 0 unspecified atom stereocenters. The van der Waals surface area contributed by atoms with E-state index in [0.717, 1.165) is 61.3 Å². The highest BCUT2D eigenvalue weighted by atomic mass is 16.3. The van der Waals surface area contributed by atoms with Gasteiger partial charge in [-0.25, -0.2) is 0 Å². The van der Waals surface area contributed by atoms with E-state index in [1.807, 2.05) is 0 Å². The average Bonchev–Trinajstić information content (AvgIpc) is 3.80. The Labute approximate surface area is 318 Å². The Hall–Kier alpha value is -7.36. The number of furan rings is 1. The molecule has 55 heavy (non-hydrogen) atoms. The Balaban J connectivity index is 1.31. The third-order valence-corrected chi connectivity index (χ3v) is 10.9. The van der Waals surface area contributed by atoms with E-state index < -0.39 is 0 Å². The molecule has 0 aliphatic heterocycles. The molecule has 3 heteroatoms. The van der Waals surface area contributed by atoms with Crippen LogP contribution < -0.4 is 4.90 Å². The van der Waals surface area contributed by atoms with Gasteiger partial charge in [-0.05, 0) is 76.0 Å². The third-order valence-electron chi connectivity index (χ3n) is 10.9. The molecule has 2 heterocycles. The van der Waals surface area contributed by atoms with E-state index in [-0.39, 0.29) is 0 Å². The molecule has 11 aromatic rings. The third kappa shape index (κ3) is 5.05. The van der Waals surface area contributed by atoms with Gasteiger partial charge >= 0.3 is 0 Å². The van der Waals surface area contributed by atoms with Crippen LogP contribution in [0, 0.1) is 0 Å². The molecule has 0 atom stereocenters. The van der Waals surface area contributed by atoms with Crippen molar-refractivity contribution in [1.82, 2.24) is 4.57 Å². The van der Waals surface area contributed by atoms with Crippen LogP contribution in [0.15, 0.2) is 211 Å². The number of aromatic nitrogens is 1. The number of nitrogens with zero attached hydrogens (tertiary/aromatic N) is 2. The van der Waals surface area contributed by atoms with Gasteiger partial charge in [0.2, 0.25) is 0 Å².